The first kappa shape index (κ1) is 22.1. The SMILES string of the molecule is CNCC(O)COc1cccc(-c2nc(NCc3cccc[n+]3[O-])c3cnn(C4CC4)c3n2)c1. The number of aromatic nitrogens is 5. The molecule has 1 fully saturated rings. The fourth-order valence-electron chi connectivity index (χ4n) is 3.76. The fourth-order valence-corrected chi connectivity index (χ4v) is 3.76. The Balaban J connectivity index is 1.47. The molecule has 1 saturated carbocycles. The summed E-state index contributed by atoms with van der Waals surface area (Å²) >= 11 is 0. The van der Waals surface area contributed by atoms with Gasteiger partial charge in [-0.2, -0.15) is 9.83 Å². The van der Waals surface area contributed by atoms with Gasteiger partial charge in [0, 0.05) is 24.2 Å². The van der Waals surface area contributed by atoms with Gasteiger partial charge in [-0.1, -0.05) is 12.1 Å². The summed E-state index contributed by atoms with van der Waals surface area (Å²) in [6.45, 7) is 0.944. The summed E-state index contributed by atoms with van der Waals surface area (Å²) in [6, 6.07) is 13.1. The second kappa shape index (κ2) is 9.62. The van der Waals surface area contributed by atoms with E-state index in [2.05, 4.69) is 15.7 Å². The first-order valence-corrected chi connectivity index (χ1v) is 11.3. The summed E-state index contributed by atoms with van der Waals surface area (Å²) in [5, 5.41) is 33.6. The molecule has 0 radical (unpaired) electrons. The van der Waals surface area contributed by atoms with Crippen LogP contribution in [0.3, 0.4) is 0 Å². The third-order valence-corrected chi connectivity index (χ3v) is 5.66. The van der Waals surface area contributed by atoms with Crippen LogP contribution in [0.1, 0.15) is 24.6 Å². The van der Waals surface area contributed by atoms with Gasteiger partial charge in [-0.05, 0) is 38.1 Å². The van der Waals surface area contributed by atoms with E-state index in [4.69, 9.17) is 14.7 Å². The van der Waals surface area contributed by atoms with Crippen molar-refractivity contribution in [2.45, 2.75) is 31.5 Å². The molecular weight excluding hydrogens is 434 g/mol. The predicted octanol–water partition coefficient (Wildman–Crippen LogP) is 2.03. The molecule has 5 rings (SSSR count). The van der Waals surface area contributed by atoms with E-state index in [0.29, 0.717) is 42.2 Å². The van der Waals surface area contributed by atoms with Crippen molar-refractivity contribution >= 4 is 16.9 Å². The molecule has 3 aromatic heterocycles. The lowest BCUT2D eigenvalue weighted by molar-refractivity contribution is -0.613. The second-order valence-electron chi connectivity index (χ2n) is 8.38. The van der Waals surface area contributed by atoms with Gasteiger partial charge in [0.25, 0.3) is 0 Å². The lowest BCUT2D eigenvalue weighted by atomic mass is 10.2. The topological polar surface area (TPSA) is 124 Å². The van der Waals surface area contributed by atoms with E-state index in [9.17, 15) is 10.3 Å². The van der Waals surface area contributed by atoms with Gasteiger partial charge in [0.05, 0.1) is 17.6 Å². The number of hydrogen-bond acceptors (Lipinski definition) is 8. The molecule has 0 aliphatic heterocycles. The van der Waals surface area contributed by atoms with Crippen LogP contribution in [0.2, 0.25) is 0 Å². The van der Waals surface area contributed by atoms with Crippen LogP contribution in [-0.4, -0.2) is 51.2 Å². The molecule has 10 heteroatoms. The number of nitrogens with zero attached hydrogens (tertiary/aromatic N) is 5. The molecule has 0 saturated heterocycles. The van der Waals surface area contributed by atoms with Crippen LogP contribution in [0.25, 0.3) is 22.4 Å². The van der Waals surface area contributed by atoms with Crippen molar-refractivity contribution in [3.8, 4) is 17.1 Å². The zero-order valence-corrected chi connectivity index (χ0v) is 18.9. The molecule has 0 amide bonds. The van der Waals surface area contributed by atoms with E-state index < -0.39 is 6.10 Å². The summed E-state index contributed by atoms with van der Waals surface area (Å²) in [5.74, 6) is 1.77. The molecule has 3 heterocycles. The molecule has 0 spiro atoms. The Hall–Kier alpha value is -3.76. The molecular formula is C24H27N7O3. The van der Waals surface area contributed by atoms with Gasteiger partial charge in [-0.25, -0.2) is 14.6 Å². The number of aliphatic hydroxyl groups excluding tert-OH is 1. The Morgan fingerprint density at radius 1 is 1.24 bits per heavy atom. The maximum absolute atomic E-state index is 12.1. The normalized spacial score (nSPS) is 14.3. The van der Waals surface area contributed by atoms with E-state index in [1.54, 1.807) is 25.4 Å². The molecule has 4 aromatic rings. The maximum atomic E-state index is 12.1. The van der Waals surface area contributed by atoms with Crippen molar-refractivity contribution < 1.29 is 14.6 Å². The second-order valence-corrected chi connectivity index (χ2v) is 8.38. The number of anilines is 1. The number of ether oxygens (including phenoxy) is 1. The molecule has 1 aliphatic rings. The van der Waals surface area contributed by atoms with Crippen molar-refractivity contribution in [2.24, 2.45) is 0 Å². The average molecular weight is 462 g/mol. The van der Waals surface area contributed by atoms with E-state index in [1.165, 1.54) is 6.20 Å². The zero-order valence-electron chi connectivity index (χ0n) is 18.9. The third-order valence-electron chi connectivity index (χ3n) is 5.66. The zero-order chi connectivity index (χ0) is 23.5. The summed E-state index contributed by atoms with van der Waals surface area (Å²) in [4.78, 5) is 9.61. The molecule has 0 bridgehead atoms. The number of fused-ring (bicyclic) bond motifs is 1. The predicted molar refractivity (Wildman–Crippen MR) is 127 cm³/mol. The minimum absolute atomic E-state index is 0.178. The highest BCUT2D eigenvalue weighted by Gasteiger charge is 2.28. The number of hydrogen-bond donors (Lipinski definition) is 3. The van der Waals surface area contributed by atoms with Gasteiger partial charge in [0.15, 0.2) is 17.7 Å². The number of nitrogens with one attached hydrogen (secondary N) is 2. The highest BCUT2D eigenvalue weighted by Crippen LogP contribution is 2.37. The number of aliphatic hydroxyl groups is 1. The van der Waals surface area contributed by atoms with Gasteiger partial charge < -0.3 is 25.7 Å². The highest BCUT2D eigenvalue weighted by molar-refractivity contribution is 5.88. The molecule has 1 atom stereocenters. The molecule has 3 N–H and O–H groups in total. The molecule has 1 aromatic carbocycles. The first-order chi connectivity index (χ1) is 16.6. The van der Waals surface area contributed by atoms with Gasteiger partial charge in [0.2, 0.25) is 5.69 Å². The van der Waals surface area contributed by atoms with E-state index >= 15 is 0 Å². The van der Waals surface area contributed by atoms with Gasteiger partial charge in [-0.15, -0.1) is 0 Å². The molecule has 10 nitrogen and oxygen atoms in total. The summed E-state index contributed by atoms with van der Waals surface area (Å²) in [5.41, 5.74) is 2.13. The highest BCUT2D eigenvalue weighted by atomic mass is 16.5. The summed E-state index contributed by atoms with van der Waals surface area (Å²) in [6.07, 6.45) is 4.81. The molecule has 176 valence electrons. The Kier molecular flexibility index (Phi) is 6.24. The largest absolute Gasteiger partial charge is 0.618 e. The number of likely N-dealkylation sites (N-methyl/N-ethyl adjacent to an activating group) is 1. The summed E-state index contributed by atoms with van der Waals surface area (Å²) < 4.78 is 8.55. The van der Waals surface area contributed by atoms with Crippen molar-refractivity contribution in [3.63, 3.8) is 0 Å². The lowest BCUT2D eigenvalue weighted by Gasteiger charge is -2.13. The summed E-state index contributed by atoms with van der Waals surface area (Å²) in [7, 11) is 1.78. The van der Waals surface area contributed by atoms with Crippen molar-refractivity contribution in [1.82, 2.24) is 25.1 Å². The number of pyridine rings is 1. The fraction of sp³-hybridized carbons (Fsp3) is 0.333. The Morgan fingerprint density at radius 2 is 2.12 bits per heavy atom. The Morgan fingerprint density at radius 3 is 2.91 bits per heavy atom. The third kappa shape index (κ3) is 4.78. The van der Waals surface area contributed by atoms with Gasteiger partial charge in [0.1, 0.15) is 30.8 Å². The maximum Gasteiger partial charge on any atom is 0.211 e. The lowest BCUT2D eigenvalue weighted by Crippen LogP contribution is -2.32. The quantitative estimate of drug-likeness (QED) is 0.242. The van der Waals surface area contributed by atoms with Crippen LogP contribution >= 0.6 is 0 Å². The Labute approximate surface area is 196 Å². The van der Waals surface area contributed by atoms with E-state index in [-0.39, 0.29) is 6.61 Å². The number of benzene rings is 1. The smallest absolute Gasteiger partial charge is 0.211 e. The van der Waals surface area contributed by atoms with Gasteiger partial charge in [-0.3, -0.25) is 0 Å². The minimum atomic E-state index is -0.605. The van der Waals surface area contributed by atoms with Gasteiger partial charge >= 0.3 is 0 Å². The number of rotatable bonds is 10. The molecule has 1 unspecified atom stereocenters. The first-order valence-electron chi connectivity index (χ1n) is 11.3. The van der Waals surface area contributed by atoms with Crippen molar-refractivity contribution in [1.29, 1.82) is 0 Å². The van der Waals surface area contributed by atoms with Crippen LogP contribution in [0.5, 0.6) is 5.75 Å². The molecule has 34 heavy (non-hydrogen) atoms. The van der Waals surface area contributed by atoms with Crippen molar-refractivity contribution in [2.75, 3.05) is 25.5 Å². The van der Waals surface area contributed by atoms with E-state index in [1.807, 2.05) is 35.0 Å². The minimum Gasteiger partial charge on any atom is -0.618 e. The van der Waals surface area contributed by atoms with Crippen LogP contribution < -0.4 is 20.1 Å². The van der Waals surface area contributed by atoms with Crippen LogP contribution in [0.4, 0.5) is 5.82 Å². The van der Waals surface area contributed by atoms with Crippen LogP contribution in [0, 0.1) is 5.21 Å². The van der Waals surface area contributed by atoms with E-state index in [0.717, 1.165) is 34.2 Å². The molecule has 1 aliphatic carbocycles. The van der Waals surface area contributed by atoms with Crippen molar-refractivity contribution in [3.05, 3.63) is 65.8 Å². The monoisotopic (exact) mass is 461 g/mol. The standard InChI is InChI=1S/C24H27N7O3/c1-25-13-19(32)15-34-20-7-4-5-16(11-20)22-28-23(26-12-18-6-2-3-10-30(18)33)21-14-27-31(17-8-9-17)24(21)29-22/h2-7,10-11,14,17,19,25,32H,8-9,12-13,15H2,1H3,(H,26,28,29). The van der Waals surface area contributed by atoms with Crippen LogP contribution in [0.15, 0.2) is 54.9 Å². The van der Waals surface area contributed by atoms with Crippen LogP contribution in [-0.2, 0) is 6.54 Å². The average Bonchev–Trinajstić information content (AvgIpc) is 3.61. The Bertz CT molecular complexity index is 1290.